The number of aromatic nitrogens is 1. The molecule has 0 aliphatic carbocycles. The number of sulfone groups is 1. The molecule has 1 aromatic rings. The minimum Gasteiger partial charge on any atom is -0.291 e. The van der Waals surface area contributed by atoms with Crippen LogP contribution < -0.4 is 0 Å². The van der Waals surface area contributed by atoms with E-state index in [1.807, 2.05) is 18.3 Å². The molecular weight excluding hydrogens is 350 g/mol. The Kier molecular flexibility index (Phi) is 4.71. The van der Waals surface area contributed by atoms with E-state index >= 15 is 0 Å². The molecule has 134 valence electrons. The van der Waals surface area contributed by atoms with E-state index in [-0.39, 0.29) is 17.5 Å². The standard InChI is InChI=1S/C15H23N3O4S2/c1-3-12-4-5-13(16-8-12)9-17-6-7-18(23(2,19)20)15-11-24(21,22)10-14(15)17/h4-5,8,14-15H,3,6-7,9-11H2,1-2H3/t14-,15+/m0/s1. The first-order chi connectivity index (χ1) is 11.2. The average molecular weight is 374 g/mol. The van der Waals surface area contributed by atoms with Crippen molar-refractivity contribution < 1.29 is 16.8 Å². The summed E-state index contributed by atoms with van der Waals surface area (Å²) < 4.78 is 49.5. The van der Waals surface area contributed by atoms with Crippen molar-refractivity contribution in [2.45, 2.75) is 32.0 Å². The van der Waals surface area contributed by atoms with Gasteiger partial charge in [0, 0.05) is 31.9 Å². The molecule has 0 unspecified atom stereocenters. The van der Waals surface area contributed by atoms with Crippen molar-refractivity contribution >= 4 is 19.9 Å². The highest BCUT2D eigenvalue weighted by atomic mass is 32.2. The number of rotatable bonds is 4. The number of nitrogens with zero attached hydrogens (tertiary/aromatic N) is 3. The summed E-state index contributed by atoms with van der Waals surface area (Å²) >= 11 is 0. The molecule has 24 heavy (non-hydrogen) atoms. The summed E-state index contributed by atoms with van der Waals surface area (Å²) in [4.78, 5) is 6.50. The van der Waals surface area contributed by atoms with Crippen molar-refractivity contribution in [2.75, 3.05) is 30.9 Å². The van der Waals surface area contributed by atoms with Crippen LogP contribution >= 0.6 is 0 Å². The summed E-state index contributed by atoms with van der Waals surface area (Å²) in [7, 11) is -6.64. The molecule has 0 saturated carbocycles. The maximum Gasteiger partial charge on any atom is 0.211 e. The molecule has 9 heteroatoms. The maximum absolute atomic E-state index is 12.1. The number of sulfonamides is 1. The second-order valence-electron chi connectivity index (χ2n) is 6.57. The molecule has 0 radical (unpaired) electrons. The van der Waals surface area contributed by atoms with Gasteiger partial charge in [0.25, 0.3) is 0 Å². The summed E-state index contributed by atoms with van der Waals surface area (Å²) in [6, 6.07) is 3.19. The molecule has 0 bridgehead atoms. The molecule has 2 saturated heterocycles. The van der Waals surface area contributed by atoms with Gasteiger partial charge in [0.05, 0.1) is 29.5 Å². The number of fused-ring (bicyclic) bond motifs is 1. The lowest BCUT2D eigenvalue weighted by Gasteiger charge is -2.42. The first-order valence-corrected chi connectivity index (χ1v) is 11.7. The zero-order valence-corrected chi connectivity index (χ0v) is 15.6. The highest BCUT2D eigenvalue weighted by molar-refractivity contribution is 7.92. The van der Waals surface area contributed by atoms with E-state index in [1.54, 1.807) is 0 Å². The molecular formula is C15H23N3O4S2. The van der Waals surface area contributed by atoms with E-state index in [2.05, 4.69) is 16.8 Å². The van der Waals surface area contributed by atoms with Crippen molar-refractivity contribution in [1.82, 2.24) is 14.2 Å². The first-order valence-electron chi connectivity index (χ1n) is 8.05. The summed E-state index contributed by atoms with van der Waals surface area (Å²) in [6.07, 6.45) is 3.91. The van der Waals surface area contributed by atoms with Crippen LogP contribution in [0.2, 0.25) is 0 Å². The SMILES string of the molecule is CCc1ccc(CN2CCN(S(C)(=O)=O)[C@@H]3CS(=O)(=O)C[C@@H]32)nc1. The van der Waals surface area contributed by atoms with Crippen LogP contribution in [0.15, 0.2) is 18.3 Å². The van der Waals surface area contributed by atoms with Crippen LogP contribution in [0.4, 0.5) is 0 Å². The number of hydrogen-bond donors (Lipinski definition) is 0. The molecule has 2 fully saturated rings. The largest absolute Gasteiger partial charge is 0.291 e. The molecule has 0 amide bonds. The minimum atomic E-state index is -3.41. The van der Waals surface area contributed by atoms with E-state index < -0.39 is 25.9 Å². The quantitative estimate of drug-likeness (QED) is 0.732. The Hall–Kier alpha value is -1.03. The maximum atomic E-state index is 12.1. The van der Waals surface area contributed by atoms with Gasteiger partial charge in [-0.1, -0.05) is 13.0 Å². The topological polar surface area (TPSA) is 87.7 Å². The Morgan fingerprint density at radius 3 is 2.50 bits per heavy atom. The molecule has 0 aromatic carbocycles. The zero-order chi connectivity index (χ0) is 17.5. The number of pyridine rings is 1. The van der Waals surface area contributed by atoms with Gasteiger partial charge in [-0.15, -0.1) is 0 Å². The lowest BCUT2D eigenvalue weighted by atomic mass is 10.1. The molecule has 2 aliphatic heterocycles. The van der Waals surface area contributed by atoms with E-state index in [9.17, 15) is 16.8 Å². The van der Waals surface area contributed by atoms with Gasteiger partial charge in [0.2, 0.25) is 10.0 Å². The van der Waals surface area contributed by atoms with Gasteiger partial charge in [0.1, 0.15) is 0 Å². The zero-order valence-electron chi connectivity index (χ0n) is 13.9. The van der Waals surface area contributed by atoms with E-state index in [1.165, 1.54) is 4.31 Å². The van der Waals surface area contributed by atoms with Crippen molar-refractivity contribution in [3.05, 3.63) is 29.6 Å². The highest BCUT2D eigenvalue weighted by Crippen LogP contribution is 2.29. The second-order valence-corrected chi connectivity index (χ2v) is 10.7. The van der Waals surface area contributed by atoms with Crippen LogP contribution in [-0.4, -0.2) is 74.0 Å². The van der Waals surface area contributed by atoms with Gasteiger partial charge >= 0.3 is 0 Å². The Labute approximate surface area is 143 Å². The molecule has 1 aromatic heterocycles. The smallest absolute Gasteiger partial charge is 0.211 e. The fraction of sp³-hybridized carbons (Fsp3) is 0.667. The molecule has 3 rings (SSSR count). The van der Waals surface area contributed by atoms with Crippen molar-refractivity contribution in [1.29, 1.82) is 0 Å². The number of piperazine rings is 1. The van der Waals surface area contributed by atoms with E-state index in [0.717, 1.165) is 23.9 Å². The fourth-order valence-corrected chi connectivity index (χ4v) is 6.79. The van der Waals surface area contributed by atoms with E-state index in [4.69, 9.17) is 0 Å². The van der Waals surface area contributed by atoms with Gasteiger partial charge in [-0.05, 0) is 18.1 Å². The van der Waals surface area contributed by atoms with Crippen molar-refractivity contribution in [3.8, 4) is 0 Å². The third kappa shape index (κ3) is 3.63. The van der Waals surface area contributed by atoms with Crippen LogP contribution in [0.5, 0.6) is 0 Å². The van der Waals surface area contributed by atoms with Gasteiger partial charge in [-0.25, -0.2) is 16.8 Å². The first kappa shape index (κ1) is 17.8. The molecule has 3 heterocycles. The lowest BCUT2D eigenvalue weighted by molar-refractivity contribution is 0.0884. The molecule has 2 aliphatic rings. The van der Waals surface area contributed by atoms with Gasteiger partial charge in [-0.2, -0.15) is 4.31 Å². The van der Waals surface area contributed by atoms with Crippen molar-refractivity contribution in [3.63, 3.8) is 0 Å². The predicted octanol–water partition coefficient (Wildman–Crippen LogP) is -0.113. The Morgan fingerprint density at radius 2 is 1.92 bits per heavy atom. The lowest BCUT2D eigenvalue weighted by Crippen LogP contribution is -2.59. The number of aryl methyl sites for hydroxylation is 1. The molecule has 0 N–H and O–H groups in total. The van der Waals surface area contributed by atoms with Gasteiger partial charge in [0.15, 0.2) is 9.84 Å². The number of hydrogen-bond acceptors (Lipinski definition) is 6. The Balaban J connectivity index is 1.82. The monoisotopic (exact) mass is 373 g/mol. The summed E-state index contributed by atoms with van der Waals surface area (Å²) in [5, 5.41) is 0. The fourth-order valence-electron chi connectivity index (χ4n) is 3.57. The molecule has 0 spiro atoms. The average Bonchev–Trinajstić information content (AvgIpc) is 2.82. The van der Waals surface area contributed by atoms with Crippen LogP contribution in [-0.2, 0) is 32.8 Å². The predicted molar refractivity (Wildman–Crippen MR) is 91.8 cm³/mol. The van der Waals surface area contributed by atoms with Crippen molar-refractivity contribution in [2.24, 2.45) is 0 Å². The normalized spacial score (nSPS) is 27.9. The highest BCUT2D eigenvalue weighted by Gasteiger charge is 2.49. The van der Waals surface area contributed by atoms with Crippen LogP contribution in [0.25, 0.3) is 0 Å². The summed E-state index contributed by atoms with van der Waals surface area (Å²) in [5.74, 6) is -0.0832. The van der Waals surface area contributed by atoms with Gasteiger partial charge < -0.3 is 0 Å². The Bertz CT molecular complexity index is 806. The van der Waals surface area contributed by atoms with Crippen LogP contribution in [0.3, 0.4) is 0 Å². The third-order valence-corrected chi connectivity index (χ3v) is 7.83. The summed E-state index contributed by atoms with van der Waals surface area (Å²) in [5.41, 5.74) is 2.03. The molecule has 7 nitrogen and oxygen atoms in total. The van der Waals surface area contributed by atoms with Gasteiger partial charge in [-0.3, -0.25) is 9.88 Å². The van der Waals surface area contributed by atoms with E-state index in [0.29, 0.717) is 19.6 Å². The summed E-state index contributed by atoms with van der Waals surface area (Å²) in [6.45, 7) is 3.44. The molecule has 2 atom stereocenters. The third-order valence-electron chi connectivity index (χ3n) is 4.83. The minimum absolute atomic E-state index is 0.0106. The second kappa shape index (κ2) is 6.36. The van der Waals surface area contributed by atoms with Crippen LogP contribution in [0, 0.1) is 0 Å². The van der Waals surface area contributed by atoms with Crippen LogP contribution in [0.1, 0.15) is 18.2 Å². The Morgan fingerprint density at radius 1 is 1.21 bits per heavy atom.